The largest absolute Gasteiger partial charge is 0.387 e. The molecule has 1 fully saturated rings. The van der Waals surface area contributed by atoms with Crippen LogP contribution in [0.15, 0.2) is 5.38 Å². The first-order chi connectivity index (χ1) is 9.32. The molecular weight excluding hydrogens is 276 g/mol. The molecule has 1 heterocycles. The summed E-state index contributed by atoms with van der Waals surface area (Å²) in [6.45, 7) is 8.56. The molecule has 2 N–H and O–H groups in total. The Morgan fingerprint density at radius 2 is 2.35 bits per heavy atom. The molecule has 0 saturated heterocycles. The Hall–Kier alpha value is -0.980. The Morgan fingerprint density at radius 1 is 1.65 bits per heavy atom. The quantitative estimate of drug-likeness (QED) is 0.868. The third kappa shape index (κ3) is 2.47. The van der Waals surface area contributed by atoms with E-state index >= 15 is 0 Å². The monoisotopic (exact) mass is 298 g/mol. The number of rotatable bonds is 5. The second kappa shape index (κ2) is 5.42. The van der Waals surface area contributed by atoms with E-state index in [1.807, 2.05) is 20.8 Å². The van der Waals surface area contributed by atoms with Crippen molar-refractivity contribution in [2.45, 2.75) is 45.8 Å². The zero-order chi connectivity index (χ0) is 15.0. The summed E-state index contributed by atoms with van der Waals surface area (Å²) in [5.74, 6) is -0.180. The first-order valence-corrected chi connectivity index (χ1v) is 7.68. The highest BCUT2D eigenvalue weighted by Crippen LogP contribution is 2.50. The summed E-state index contributed by atoms with van der Waals surface area (Å²) >= 11 is 1.26. The number of ether oxygens (including phenoxy) is 1. The topological polar surface area (TPSA) is 71.5 Å². The fraction of sp³-hybridized carbons (Fsp3) is 0.714. The van der Waals surface area contributed by atoms with Crippen LogP contribution < -0.4 is 5.32 Å². The first-order valence-electron chi connectivity index (χ1n) is 6.85. The van der Waals surface area contributed by atoms with Crippen LogP contribution in [-0.2, 0) is 4.74 Å². The minimum Gasteiger partial charge on any atom is -0.387 e. The van der Waals surface area contributed by atoms with E-state index in [-0.39, 0.29) is 24.0 Å². The van der Waals surface area contributed by atoms with Crippen molar-refractivity contribution in [3.05, 3.63) is 16.6 Å². The smallest absolute Gasteiger partial charge is 0.254 e. The highest BCUT2D eigenvalue weighted by atomic mass is 32.1. The molecule has 0 spiro atoms. The minimum absolute atomic E-state index is 0.0407. The van der Waals surface area contributed by atoms with Crippen molar-refractivity contribution < 1.29 is 14.6 Å². The van der Waals surface area contributed by atoms with Gasteiger partial charge >= 0.3 is 0 Å². The van der Waals surface area contributed by atoms with E-state index in [0.717, 1.165) is 5.69 Å². The third-order valence-electron chi connectivity index (χ3n) is 4.43. The number of nitrogens with zero attached hydrogens (tertiary/aromatic N) is 1. The predicted molar refractivity (Wildman–Crippen MR) is 77.9 cm³/mol. The molecule has 2 unspecified atom stereocenters. The lowest BCUT2D eigenvalue weighted by Crippen LogP contribution is -2.68. The molecule has 0 radical (unpaired) electrons. The SMILES string of the molecule is CCOC1CC(O)(CNC(=O)c2csnc2C)C1(C)C. The molecule has 1 aromatic rings. The summed E-state index contributed by atoms with van der Waals surface area (Å²) in [5, 5.41) is 15.2. The lowest BCUT2D eigenvalue weighted by atomic mass is 9.56. The average molecular weight is 298 g/mol. The highest BCUT2D eigenvalue weighted by molar-refractivity contribution is 7.03. The average Bonchev–Trinajstić information content (AvgIpc) is 2.82. The standard InChI is InChI=1S/C14H22N2O3S/c1-5-19-11-6-14(18,13(11,3)4)8-15-12(17)10-7-20-16-9(10)2/h7,11,18H,5-6,8H2,1-4H3,(H,15,17). The van der Waals surface area contributed by atoms with Gasteiger partial charge in [0.25, 0.3) is 5.91 Å². The van der Waals surface area contributed by atoms with Gasteiger partial charge in [-0.25, -0.2) is 0 Å². The second-order valence-electron chi connectivity index (χ2n) is 5.90. The Kier molecular flexibility index (Phi) is 4.18. The summed E-state index contributed by atoms with van der Waals surface area (Å²) in [4.78, 5) is 12.0. The van der Waals surface area contributed by atoms with E-state index < -0.39 is 5.60 Å². The van der Waals surface area contributed by atoms with Gasteiger partial charge in [-0.2, -0.15) is 4.37 Å². The zero-order valence-corrected chi connectivity index (χ0v) is 13.2. The number of carbonyl (C=O) groups is 1. The first kappa shape index (κ1) is 15.4. The fourth-order valence-corrected chi connectivity index (χ4v) is 3.29. The molecule has 1 aliphatic carbocycles. The number of nitrogens with one attached hydrogen (secondary N) is 1. The Balaban J connectivity index is 1.95. The van der Waals surface area contributed by atoms with Gasteiger partial charge in [0.2, 0.25) is 0 Å². The van der Waals surface area contributed by atoms with Crippen molar-refractivity contribution in [1.29, 1.82) is 0 Å². The summed E-state index contributed by atoms with van der Waals surface area (Å²) in [7, 11) is 0. The minimum atomic E-state index is -0.917. The number of carbonyl (C=O) groups excluding carboxylic acids is 1. The van der Waals surface area contributed by atoms with E-state index in [9.17, 15) is 9.90 Å². The van der Waals surface area contributed by atoms with Gasteiger partial charge in [0.15, 0.2) is 0 Å². The molecule has 1 amide bonds. The number of amides is 1. The van der Waals surface area contributed by atoms with Gasteiger partial charge in [0, 0.05) is 30.4 Å². The Labute approximate surface area is 123 Å². The van der Waals surface area contributed by atoms with E-state index in [2.05, 4.69) is 9.69 Å². The van der Waals surface area contributed by atoms with Crippen molar-refractivity contribution >= 4 is 17.4 Å². The van der Waals surface area contributed by atoms with Crippen molar-refractivity contribution in [3.63, 3.8) is 0 Å². The summed E-state index contributed by atoms with van der Waals surface area (Å²) in [6.07, 6.45) is 0.591. The maximum atomic E-state index is 12.0. The molecule has 5 nitrogen and oxygen atoms in total. The van der Waals surface area contributed by atoms with Crippen molar-refractivity contribution in [1.82, 2.24) is 9.69 Å². The van der Waals surface area contributed by atoms with Crippen LogP contribution in [-0.4, -0.2) is 40.2 Å². The van der Waals surface area contributed by atoms with Gasteiger partial charge in [-0.15, -0.1) is 0 Å². The van der Waals surface area contributed by atoms with Crippen LogP contribution in [0.5, 0.6) is 0 Å². The van der Waals surface area contributed by atoms with Gasteiger partial charge < -0.3 is 15.2 Å². The van der Waals surface area contributed by atoms with E-state index in [1.165, 1.54) is 11.5 Å². The van der Waals surface area contributed by atoms with Gasteiger partial charge in [-0.1, -0.05) is 13.8 Å². The summed E-state index contributed by atoms with van der Waals surface area (Å²) in [5.41, 5.74) is 0.0228. The molecule has 2 atom stereocenters. The van der Waals surface area contributed by atoms with E-state index in [4.69, 9.17) is 4.74 Å². The normalized spacial score (nSPS) is 27.9. The van der Waals surface area contributed by atoms with E-state index in [1.54, 1.807) is 12.3 Å². The zero-order valence-electron chi connectivity index (χ0n) is 12.4. The summed E-state index contributed by atoms with van der Waals surface area (Å²) in [6, 6.07) is 0. The molecular formula is C14H22N2O3S. The van der Waals surface area contributed by atoms with Crippen molar-refractivity contribution in [3.8, 4) is 0 Å². The number of aryl methyl sites for hydroxylation is 1. The maximum absolute atomic E-state index is 12.0. The lowest BCUT2D eigenvalue weighted by molar-refractivity contribution is -0.237. The Bertz CT molecular complexity index is 500. The van der Waals surface area contributed by atoms with E-state index in [0.29, 0.717) is 18.6 Å². The lowest BCUT2D eigenvalue weighted by Gasteiger charge is -2.57. The van der Waals surface area contributed by atoms with Crippen LogP contribution in [0.1, 0.15) is 43.2 Å². The molecule has 0 aliphatic heterocycles. The van der Waals surface area contributed by atoms with Crippen molar-refractivity contribution in [2.24, 2.45) is 5.41 Å². The molecule has 2 rings (SSSR count). The second-order valence-corrected chi connectivity index (χ2v) is 6.53. The van der Waals surface area contributed by atoms with Gasteiger partial charge in [0.1, 0.15) is 0 Å². The number of aliphatic hydroxyl groups is 1. The van der Waals surface area contributed by atoms with Crippen LogP contribution in [0.2, 0.25) is 0 Å². The maximum Gasteiger partial charge on any atom is 0.254 e. The molecule has 1 aliphatic rings. The van der Waals surface area contributed by atoms with Gasteiger partial charge in [-0.3, -0.25) is 4.79 Å². The van der Waals surface area contributed by atoms with Crippen LogP contribution in [0, 0.1) is 12.3 Å². The third-order valence-corrected chi connectivity index (χ3v) is 5.15. The van der Waals surface area contributed by atoms with Gasteiger partial charge in [0.05, 0.1) is 23.0 Å². The molecule has 0 aromatic carbocycles. The molecule has 0 bridgehead atoms. The molecule has 6 heteroatoms. The number of aromatic nitrogens is 1. The van der Waals surface area contributed by atoms with Crippen LogP contribution in [0.3, 0.4) is 0 Å². The molecule has 1 aromatic heterocycles. The predicted octanol–water partition coefficient (Wildman–Crippen LogP) is 1.75. The highest BCUT2D eigenvalue weighted by Gasteiger charge is 2.59. The summed E-state index contributed by atoms with van der Waals surface area (Å²) < 4.78 is 9.69. The molecule has 1 saturated carbocycles. The number of hydrogen-bond acceptors (Lipinski definition) is 5. The van der Waals surface area contributed by atoms with Crippen LogP contribution >= 0.6 is 11.5 Å². The fourth-order valence-electron chi connectivity index (χ4n) is 2.59. The van der Waals surface area contributed by atoms with Gasteiger partial charge in [-0.05, 0) is 25.4 Å². The number of hydrogen-bond donors (Lipinski definition) is 2. The Morgan fingerprint density at radius 3 is 2.85 bits per heavy atom. The van der Waals surface area contributed by atoms with Crippen LogP contribution in [0.25, 0.3) is 0 Å². The van der Waals surface area contributed by atoms with Crippen LogP contribution in [0.4, 0.5) is 0 Å². The molecule has 20 heavy (non-hydrogen) atoms. The van der Waals surface area contributed by atoms with Crippen molar-refractivity contribution in [2.75, 3.05) is 13.2 Å². The molecule has 112 valence electrons.